The third kappa shape index (κ3) is 2.98. The Labute approximate surface area is 138 Å². The summed E-state index contributed by atoms with van der Waals surface area (Å²) in [5.41, 5.74) is 1.42. The predicted octanol–water partition coefficient (Wildman–Crippen LogP) is 4.29. The second-order valence-corrected chi connectivity index (χ2v) is 6.59. The third-order valence-corrected chi connectivity index (χ3v) is 4.22. The van der Waals surface area contributed by atoms with Crippen molar-refractivity contribution in [3.63, 3.8) is 0 Å². The molecule has 2 aromatic rings. The smallest absolute Gasteiger partial charge is 0.244 e. The molecule has 0 aliphatic carbocycles. The maximum Gasteiger partial charge on any atom is 0.244 e. The van der Waals surface area contributed by atoms with E-state index in [4.69, 9.17) is 34.8 Å². The number of carbonyl (C=O) groups is 1. The van der Waals surface area contributed by atoms with Crippen molar-refractivity contribution < 1.29 is 4.79 Å². The van der Waals surface area contributed by atoms with Gasteiger partial charge in [-0.2, -0.15) is 0 Å². The Kier molecular flexibility index (Phi) is 4.71. The van der Waals surface area contributed by atoms with Gasteiger partial charge < -0.3 is 9.47 Å². The van der Waals surface area contributed by atoms with E-state index >= 15 is 0 Å². The number of nitrogens with zero attached hydrogens (tertiary/aromatic N) is 3. The summed E-state index contributed by atoms with van der Waals surface area (Å²) in [6, 6.07) is 2.97. The zero-order valence-electron chi connectivity index (χ0n) is 12.2. The zero-order chi connectivity index (χ0) is 15.9. The van der Waals surface area contributed by atoms with Crippen molar-refractivity contribution in [1.29, 1.82) is 0 Å². The second kappa shape index (κ2) is 6.03. The van der Waals surface area contributed by atoms with Crippen LogP contribution in [0.2, 0.25) is 10.0 Å². The summed E-state index contributed by atoms with van der Waals surface area (Å²) in [5.74, 6) is 0.576. The number of hydrogen-bond acceptors (Lipinski definition) is 2. The van der Waals surface area contributed by atoms with E-state index in [1.807, 2.05) is 18.4 Å². The molecule has 0 bridgehead atoms. The molecule has 0 radical (unpaired) electrons. The summed E-state index contributed by atoms with van der Waals surface area (Å²) in [7, 11) is 3.43. The molecule has 0 aliphatic rings. The molecule has 0 saturated carbocycles. The molecule has 1 aromatic carbocycles. The van der Waals surface area contributed by atoms with Gasteiger partial charge in [-0.3, -0.25) is 4.79 Å². The van der Waals surface area contributed by atoms with Gasteiger partial charge in [-0.15, -0.1) is 11.6 Å². The molecule has 1 heterocycles. The fraction of sp³-hybridized carbons (Fsp3) is 0.429. The first-order valence-electron chi connectivity index (χ1n) is 6.46. The lowest BCUT2D eigenvalue weighted by atomic mass is 10.2. The second-order valence-electron chi connectivity index (χ2n) is 5.12. The molecule has 1 aromatic heterocycles. The Bertz CT molecular complexity index is 694. The summed E-state index contributed by atoms with van der Waals surface area (Å²) >= 11 is 18.3. The minimum absolute atomic E-state index is 0.0426. The van der Waals surface area contributed by atoms with Crippen molar-refractivity contribution in [1.82, 2.24) is 14.5 Å². The number of aromatic nitrogens is 2. The molecule has 2 unspecified atom stereocenters. The lowest BCUT2D eigenvalue weighted by Gasteiger charge is -2.21. The largest absolute Gasteiger partial charge is 0.347 e. The number of rotatable bonds is 3. The van der Waals surface area contributed by atoms with Crippen LogP contribution >= 0.6 is 34.8 Å². The quantitative estimate of drug-likeness (QED) is 0.776. The summed E-state index contributed by atoms with van der Waals surface area (Å²) in [5, 5.41) is 0.505. The van der Waals surface area contributed by atoms with Gasteiger partial charge in [-0.25, -0.2) is 4.98 Å². The monoisotopic (exact) mass is 347 g/mol. The van der Waals surface area contributed by atoms with Gasteiger partial charge in [0.15, 0.2) is 0 Å². The van der Waals surface area contributed by atoms with Crippen LogP contribution in [0.3, 0.4) is 0 Å². The molecule has 21 heavy (non-hydrogen) atoms. The summed E-state index contributed by atoms with van der Waals surface area (Å²) < 4.78 is 1.82. The Balaban J connectivity index is 2.72. The number of amides is 1. The molecule has 0 aliphatic heterocycles. The molecular formula is C14H16Cl3N3O. The molecule has 2 rings (SSSR count). The van der Waals surface area contributed by atoms with Crippen molar-refractivity contribution in [2.75, 3.05) is 14.1 Å². The number of fused-ring (bicyclic) bond motifs is 1. The maximum absolute atomic E-state index is 12.3. The highest BCUT2D eigenvalue weighted by atomic mass is 35.5. The van der Waals surface area contributed by atoms with Crippen LogP contribution in [0.5, 0.6) is 0 Å². The van der Waals surface area contributed by atoms with E-state index in [1.54, 1.807) is 26.2 Å². The number of likely N-dealkylation sites (N-methyl/N-ethyl adjacent to an activating group) is 1. The van der Waals surface area contributed by atoms with Crippen LogP contribution in [0.25, 0.3) is 11.0 Å². The molecule has 0 spiro atoms. The van der Waals surface area contributed by atoms with E-state index in [2.05, 4.69) is 4.98 Å². The Morgan fingerprint density at radius 3 is 2.33 bits per heavy atom. The summed E-state index contributed by atoms with van der Waals surface area (Å²) in [6.07, 6.45) is 0. The van der Waals surface area contributed by atoms with Crippen LogP contribution in [0.15, 0.2) is 12.1 Å². The number of carbonyl (C=O) groups excluding carboxylic acids is 1. The minimum atomic E-state index is -0.432. The highest BCUT2D eigenvalue weighted by molar-refractivity contribution is 6.42. The first kappa shape index (κ1) is 16.4. The summed E-state index contributed by atoms with van der Waals surface area (Å²) in [4.78, 5) is 18.3. The lowest BCUT2D eigenvalue weighted by molar-refractivity contribution is -0.131. The fourth-order valence-corrected chi connectivity index (χ4v) is 2.75. The predicted molar refractivity (Wildman–Crippen MR) is 87.4 cm³/mol. The zero-order valence-corrected chi connectivity index (χ0v) is 14.5. The van der Waals surface area contributed by atoms with Crippen molar-refractivity contribution in [3.05, 3.63) is 28.0 Å². The average Bonchev–Trinajstić information content (AvgIpc) is 2.76. The van der Waals surface area contributed by atoms with Gasteiger partial charge in [0.05, 0.1) is 26.5 Å². The van der Waals surface area contributed by atoms with Crippen LogP contribution < -0.4 is 0 Å². The maximum atomic E-state index is 12.3. The van der Waals surface area contributed by atoms with Gasteiger partial charge in [0.2, 0.25) is 5.91 Å². The number of imidazole rings is 1. The van der Waals surface area contributed by atoms with E-state index < -0.39 is 6.04 Å². The molecule has 0 N–H and O–H groups in total. The Morgan fingerprint density at radius 2 is 1.81 bits per heavy atom. The Morgan fingerprint density at radius 1 is 1.24 bits per heavy atom. The first-order chi connectivity index (χ1) is 9.73. The van der Waals surface area contributed by atoms with E-state index in [0.717, 1.165) is 5.52 Å². The highest BCUT2D eigenvalue weighted by Gasteiger charge is 2.25. The van der Waals surface area contributed by atoms with Gasteiger partial charge >= 0.3 is 0 Å². The van der Waals surface area contributed by atoms with Gasteiger partial charge in [0.25, 0.3) is 0 Å². The van der Waals surface area contributed by atoms with Crippen LogP contribution in [0, 0.1) is 0 Å². The van der Waals surface area contributed by atoms with Crippen molar-refractivity contribution >= 4 is 51.7 Å². The number of hydrogen-bond donors (Lipinski definition) is 0. The van der Waals surface area contributed by atoms with Gasteiger partial charge in [0, 0.05) is 14.1 Å². The molecule has 0 saturated heterocycles. The fourth-order valence-electron chi connectivity index (χ4n) is 2.28. The lowest BCUT2D eigenvalue weighted by Crippen LogP contribution is -2.30. The minimum Gasteiger partial charge on any atom is -0.347 e. The van der Waals surface area contributed by atoms with E-state index in [1.165, 1.54) is 4.90 Å². The third-order valence-electron chi connectivity index (χ3n) is 3.30. The van der Waals surface area contributed by atoms with Crippen LogP contribution in [0.4, 0.5) is 0 Å². The van der Waals surface area contributed by atoms with E-state index in [0.29, 0.717) is 21.4 Å². The summed E-state index contributed by atoms with van der Waals surface area (Å²) in [6.45, 7) is 3.63. The van der Waals surface area contributed by atoms with Gasteiger partial charge in [-0.1, -0.05) is 23.2 Å². The normalized spacial score (nSPS) is 14.2. The number of halogens is 3. The molecule has 7 heteroatoms. The van der Waals surface area contributed by atoms with Crippen molar-refractivity contribution in [2.24, 2.45) is 0 Å². The Hall–Kier alpha value is -0.970. The molecule has 0 fully saturated rings. The first-order valence-corrected chi connectivity index (χ1v) is 7.65. The topological polar surface area (TPSA) is 38.1 Å². The number of benzene rings is 1. The van der Waals surface area contributed by atoms with Crippen molar-refractivity contribution in [2.45, 2.75) is 25.3 Å². The molecule has 114 valence electrons. The van der Waals surface area contributed by atoms with Crippen LogP contribution in [0.1, 0.15) is 31.1 Å². The van der Waals surface area contributed by atoms with Crippen molar-refractivity contribution in [3.8, 4) is 0 Å². The van der Waals surface area contributed by atoms with Gasteiger partial charge in [-0.05, 0) is 26.0 Å². The molecule has 4 nitrogen and oxygen atoms in total. The van der Waals surface area contributed by atoms with E-state index in [-0.39, 0.29) is 11.3 Å². The average molecular weight is 349 g/mol. The SMILES string of the molecule is CC(Cl)c1nc2cc(Cl)c(Cl)cc2n1C(C)C(=O)N(C)C. The van der Waals surface area contributed by atoms with Gasteiger partial charge in [0.1, 0.15) is 11.9 Å². The van der Waals surface area contributed by atoms with Crippen LogP contribution in [-0.2, 0) is 4.79 Å². The van der Waals surface area contributed by atoms with E-state index in [9.17, 15) is 4.79 Å². The highest BCUT2D eigenvalue weighted by Crippen LogP contribution is 2.33. The standard InChI is InChI=1S/C14H16Cl3N3O/c1-7(15)13-18-11-5-9(16)10(17)6-12(11)20(13)8(2)14(21)19(3)4/h5-8H,1-4H3. The van der Waals surface area contributed by atoms with Crippen LogP contribution in [-0.4, -0.2) is 34.5 Å². The molecule has 1 amide bonds. The number of alkyl halides is 1. The molecule has 2 atom stereocenters. The molecular weight excluding hydrogens is 333 g/mol.